The molecule has 5 heteroatoms. The van der Waals surface area contributed by atoms with Crippen LogP contribution in [0, 0.1) is 0 Å². The number of rotatable bonds is 13. The van der Waals surface area contributed by atoms with Crippen LogP contribution in [-0.4, -0.2) is 47.9 Å². The average molecular weight is 537 g/mol. The molecule has 0 aromatic heterocycles. The Kier molecular flexibility index (Phi) is 10.7. The first-order valence-corrected chi connectivity index (χ1v) is 20.5. The fourth-order valence-electron chi connectivity index (χ4n) is 4.74. The molecule has 1 aromatic rings. The summed E-state index contributed by atoms with van der Waals surface area (Å²) in [5, 5.41) is 0. The Balaban J connectivity index is 1.68. The standard InChI is InChI=1S/C14H15O4.3C4H9.Sn/c1-15-11-7-8-16-12-9-17-14(18-13(11)12)10-5-3-2-4-6-10;3*1-3-4-2;/h2-8,11-14H,1,9H2;3*1,3-4H2,2H3;. The van der Waals surface area contributed by atoms with E-state index in [1.54, 1.807) is 6.26 Å². The Labute approximate surface area is 193 Å². The number of fused-ring (bicyclic) bond motifs is 1. The Hall–Kier alpha value is -0.561. The molecule has 0 spiro atoms. The number of hydrogen-bond acceptors (Lipinski definition) is 4. The van der Waals surface area contributed by atoms with Crippen molar-refractivity contribution >= 4 is 18.4 Å². The van der Waals surface area contributed by atoms with Gasteiger partial charge in [0.05, 0.1) is 0 Å². The molecule has 174 valence electrons. The van der Waals surface area contributed by atoms with Crippen molar-refractivity contribution in [3.05, 3.63) is 48.2 Å². The van der Waals surface area contributed by atoms with Crippen molar-refractivity contribution in [2.45, 2.75) is 97.2 Å². The summed E-state index contributed by atoms with van der Waals surface area (Å²) in [5.74, 6) is 0. The first-order chi connectivity index (χ1) is 15.2. The van der Waals surface area contributed by atoms with Crippen LogP contribution in [0.4, 0.5) is 0 Å². The van der Waals surface area contributed by atoms with Crippen molar-refractivity contribution in [2.75, 3.05) is 11.2 Å². The van der Waals surface area contributed by atoms with Crippen LogP contribution in [0.3, 0.4) is 0 Å². The molecule has 0 aliphatic carbocycles. The van der Waals surface area contributed by atoms with Crippen molar-refractivity contribution in [3.63, 3.8) is 0 Å². The van der Waals surface area contributed by atoms with Crippen LogP contribution in [0.15, 0.2) is 42.7 Å². The number of hydrogen-bond donors (Lipinski definition) is 0. The second kappa shape index (κ2) is 13.2. The Morgan fingerprint density at radius 2 is 1.58 bits per heavy atom. The summed E-state index contributed by atoms with van der Waals surface area (Å²) in [6.45, 7) is 7.50. The molecule has 0 amide bonds. The summed E-state index contributed by atoms with van der Waals surface area (Å²) in [6, 6.07) is 10.2. The Morgan fingerprint density at radius 1 is 0.935 bits per heavy atom. The molecule has 1 saturated heterocycles. The third-order valence-corrected chi connectivity index (χ3v) is 21.1. The van der Waals surface area contributed by atoms with Gasteiger partial charge in [-0.3, -0.25) is 0 Å². The number of ether oxygens (including phenoxy) is 4. The molecule has 1 aromatic carbocycles. The maximum absolute atomic E-state index is 6.74. The van der Waals surface area contributed by atoms with E-state index in [1.165, 1.54) is 51.8 Å². The van der Waals surface area contributed by atoms with Gasteiger partial charge in [-0.1, -0.05) is 0 Å². The van der Waals surface area contributed by atoms with E-state index >= 15 is 0 Å². The molecule has 3 rings (SSSR count). The monoisotopic (exact) mass is 538 g/mol. The molecular formula is C26H42O4Sn. The van der Waals surface area contributed by atoms with Crippen LogP contribution in [0.2, 0.25) is 13.3 Å². The molecular weight excluding hydrogens is 495 g/mol. The van der Waals surface area contributed by atoms with Gasteiger partial charge in [0.2, 0.25) is 0 Å². The van der Waals surface area contributed by atoms with Gasteiger partial charge in [0, 0.05) is 0 Å². The van der Waals surface area contributed by atoms with E-state index in [4.69, 9.17) is 18.9 Å². The fourth-order valence-corrected chi connectivity index (χ4v) is 19.1. The van der Waals surface area contributed by atoms with Gasteiger partial charge in [-0.2, -0.15) is 0 Å². The molecule has 4 atom stereocenters. The summed E-state index contributed by atoms with van der Waals surface area (Å²) < 4.78 is 30.3. The van der Waals surface area contributed by atoms with E-state index in [9.17, 15) is 0 Å². The summed E-state index contributed by atoms with van der Waals surface area (Å²) in [5.41, 5.74) is 1.05. The van der Waals surface area contributed by atoms with Crippen LogP contribution in [-0.2, 0) is 18.9 Å². The number of benzene rings is 1. The van der Waals surface area contributed by atoms with Crippen molar-refractivity contribution < 1.29 is 18.9 Å². The molecule has 2 heterocycles. The van der Waals surface area contributed by atoms with Crippen LogP contribution in [0.25, 0.3) is 0 Å². The third kappa shape index (κ3) is 7.21. The first kappa shape index (κ1) is 25.1. The average Bonchev–Trinajstić information content (AvgIpc) is 2.83. The molecule has 0 radical (unpaired) electrons. The van der Waals surface area contributed by atoms with Crippen LogP contribution in [0.1, 0.15) is 71.1 Å². The summed E-state index contributed by atoms with van der Waals surface area (Å²) >= 11 is -2.35. The van der Waals surface area contributed by atoms with Crippen LogP contribution in [0.5, 0.6) is 0 Å². The zero-order valence-corrected chi connectivity index (χ0v) is 22.6. The summed E-state index contributed by atoms with van der Waals surface area (Å²) in [4.78, 5) is 0. The topological polar surface area (TPSA) is 36.9 Å². The zero-order valence-electron chi connectivity index (χ0n) is 19.8. The van der Waals surface area contributed by atoms with Crippen molar-refractivity contribution in [2.24, 2.45) is 0 Å². The van der Waals surface area contributed by atoms with E-state index in [2.05, 4.69) is 39.0 Å². The van der Waals surface area contributed by atoms with E-state index < -0.39 is 18.4 Å². The molecule has 1 fully saturated rings. The van der Waals surface area contributed by atoms with Crippen LogP contribution < -0.4 is 0 Å². The van der Waals surface area contributed by atoms with Gasteiger partial charge >= 0.3 is 194 Å². The minimum absolute atomic E-state index is 0.0465. The van der Waals surface area contributed by atoms with Gasteiger partial charge in [0.1, 0.15) is 0 Å². The van der Waals surface area contributed by atoms with Crippen molar-refractivity contribution in [1.82, 2.24) is 0 Å². The minimum atomic E-state index is -2.35. The maximum atomic E-state index is 6.74. The molecule has 2 aliphatic heterocycles. The molecule has 0 bridgehead atoms. The second-order valence-electron chi connectivity index (χ2n) is 9.27. The van der Waals surface area contributed by atoms with E-state index in [0.29, 0.717) is 6.61 Å². The normalized spacial score (nSPS) is 25.8. The first-order valence-electron chi connectivity index (χ1n) is 12.5. The number of unbranched alkanes of at least 4 members (excludes halogenated alkanes) is 3. The van der Waals surface area contributed by atoms with Crippen molar-refractivity contribution in [3.8, 4) is 0 Å². The second-order valence-corrected chi connectivity index (χ2v) is 22.9. The van der Waals surface area contributed by atoms with E-state index in [1.807, 2.05) is 18.2 Å². The third-order valence-electron chi connectivity index (χ3n) is 6.74. The molecule has 4 unspecified atom stereocenters. The quantitative estimate of drug-likeness (QED) is 0.260. The van der Waals surface area contributed by atoms with E-state index in [-0.39, 0.29) is 24.6 Å². The fraction of sp³-hybridized carbons (Fsp3) is 0.692. The molecule has 4 nitrogen and oxygen atoms in total. The van der Waals surface area contributed by atoms with Gasteiger partial charge in [0.25, 0.3) is 0 Å². The summed E-state index contributed by atoms with van der Waals surface area (Å²) in [7, 11) is 0. The molecule has 2 aliphatic rings. The predicted molar refractivity (Wildman–Crippen MR) is 129 cm³/mol. The molecule has 0 N–H and O–H groups in total. The summed E-state index contributed by atoms with van der Waals surface area (Å²) in [6.07, 6.45) is 11.2. The van der Waals surface area contributed by atoms with E-state index in [0.717, 1.165) is 10.2 Å². The van der Waals surface area contributed by atoms with Gasteiger partial charge < -0.3 is 0 Å². The van der Waals surface area contributed by atoms with Gasteiger partial charge in [-0.05, 0) is 0 Å². The van der Waals surface area contributed by atoms with Crippen molar-refractivity contribution in [1.29, 1.82) is 0 Å². The van der Waals surface area contributed by atoms with Gasteiger partial charge in [-0.25, -0.2) is 0 Å². The molecule has 0 saturated carbocycles. The predicted octanol–water partition coefficient (Wildman–Crippen LogP) is 6.79. The van der Waals surface area contributed by atoms with Gasteiger partial charge in [-0.15, -0.1) is 0 Å². The zero-order chi connectivity index (χ0) is 21.9. The molecule has 31 heavy (non-hydrogen) atoms. The van der Waals surface area contributed by atoms with Crippen LogP contribution >= 0.6 is 0 Å². The Morgan fingerprint density at radius 3 is 2.19 bits per heavy atom. The SMILES string of the molecule is CCC[CH2][Sn]([CH2]CCC)([CH2]CCC)[CH2]OC1C=COC2COC(c3ccccc3)OC12. The van der Waals surface area contributed by atoms with Gasteiger partial charge in [0.15, 0.2) is 0 Å². The Bertz CT molecular complexity index is 628.